The van der Waals surface area contributed by atoms with Gasteiger partial charge in [-0.1, -0.05) is 11.6 Å². The van der Waals surface area contributed by atoms with Crippen molar-refractivity contribution >= 4 is 23.5 Å². The Balaban J connectivity index is 1.67. The SMILES string of the molecule is CC(C)(C)OC(=O)N(CC1CC1)[C@@H]1CCN(c2ccc(Cl)nn2)C1. The van der Waals surface area contributed by atoms with Crippen LogP contribution in [0.1, 0.15) is 40.0 Å². The zero-order valence-electron chi connectivity index (χ0n) is 14.5. The van der Waals surface area contributed by atoms with Crippen LogP contribution in [0.15, 0.2) is 12.1 Å². The average molecular weight is 353 g/mol. The van der Waals surface area contributed by atoms with Crippen LogP contribution >= 0.6 is 11.6 Å². The molecule has 2 heterocycles. The minimum atomic E-state index is -0.473. The third-order valence-corrected chi connectivity index (χ3v) is 4.53. The van der Waals surface area contributed by atoms with Crippen LogP contribution in [0.4, 0.5) is 10.6 Å². The van der Waals surface area contributed by atoms with Crippen LogP contribution in [-0.4, -0.2) is 52.5 Å². The molecule has 2 aliphatic rings. The van der Waals surface area contributed by atoms with Crippen LogP contribution in [0.5, 0.6) is 0 Å². The number of nitrogens with zero attached hydrogens (tertiary/aromatic N) is 4. The van der Waals surface area contributed by atoms with Gasteiger partial charge >= 0.3 is 6.09 Å². The highest BCUT2D eigenvalue weighted by Gasteiger charge is 2.37. The summed E-state index contributed by atoms with van der Waals surface area (Å²) in [5.74, 6) is 1.43. The fourth-order valence-electron chi connectivity index (χ4n) is 2.95. The van der Waals surface area contributed by atoms with E-state index in [-0.39, 0.29) is 12.1 Å². The first-order valence-electron chi connectivity index (χ1n) is 8.55. The standard InChI is InChI=1S/C17H25ClN4O2/c1-17(2,3)24-16(23)22(10-12-4-5-12)13-8-9-21(11-13)15-7-6-14(18)19-20-15/h6-7,12-13H,4-5,8-11H2,1-3H3/t13-/m1/s1. The number of hydrogen-bond acceptors (Lipinski definition) is 5. The van der Waals surface area contributed by atoms with E-state index in [9.17, 15) is 4.79 Å². The van der Waals surface area contributed by atoms with Gasteiger partial charge in [0.05, 0.1) is 6.04 Å². The minimum absolute atomic E-state index is 0.151. The third kappa shape index (κ3) is 4.50. The molecule has 7 heteroatoms. The van der Waals surface area contributed by atoms with Gasteiger partial charge in [-0.2, -0.15) is 0 Å². The van der Waals surface area contributed by atoms with Crippen LogP contribution < -0.4 is 4.90 Å². The molecule has 0 N–H and O–H groups in total. The molecule has 1 atom stereocenters. The van der Waals surface area contributed by atoms with E-state index >= 15 is 0 Å². The number of carbonyl (C=O) groups is 1. The Morgan fingerprint density at radius 3 is 2.67 bits per heavy atom. The number of rotatable bonds is 4. The lowest BCUT2D eigenvalue weighted by atomic mass is 10.2. The number of hydrogen-bond donors (Lipinski definition) is 0. The molecule has 0 aromatic carbocycles. The van der Waals surface area contributed by atoms with Gasteiger partial charge in [0.25, 0.3) is 0 Å². The van der Waals surface area contributed by atoms with Gasteiger partial charge < -0.3 is 14.5 Å². The molecule has 1 aliphatic carbocycles. The van der Waals surface area contributed by atoms with Gasteiger partial charge in [-0.05, 0) is 58.1 Å². The van der Waals surface area contributed by atoms with E-state index in [4.69, 9.17) is 16.3 Å². The Labute approximate surface area is 148 Å². The van der Waals surface area contributed by atoms with Crippen molar-refractivity contribution in [1.29, 1.82) is 0 Å². The summed E-state index contributed by atoms with van der Waals surface area (Å²) >= 11 is 5.80. The van der Waals surface area contributed by atoms with Crippen molar-refractivity contribution < 1.29 is 9.53 Å². The van der Waals surface area contributed by atoms with Gasteiger partial charge in [0.2, 0.25) is 0 Å². The molecule has 132 valence electrons. The van der Waals surface area contributed by atoms with Crippen LogP contribution in [0.25, 0.3) is 0 Å². The first-order valence-corrected chi connectivity index (χ1v) is 8.93. The molecule has 0 radical (unpaired) electrons. The molecule has 24 heavy (non-hydrogen) atoms. The Bertz CT molecular complexity index is 583. The van der Waals surface area contributed by atoms with E-state index in [2.05, 4.69) is 15.1 Å². The average Bonchev–Trinajstić information content (AvgIpc) is 3.19. The van der Waals surface area contributed by atoms with Crippen molar-refractivity contribution in [2.45, 2.75) is 51.7 Å². The smallest absolute Gasteiger partial charge is 0.410 e. The summed E-state index contributed by atoms with van der Waals surface area (Å²) in [4.78, 5) is 16.7. The normalized spacial score (nSPS) is 21.0. The van der Waals surface area contributed by atoms with Crippen LogP contribution in [0, 0.1) is 5.92 Å². The lowest BCUT2D eigenvalue weighted by Gasteiger charge is -2.31. The van der Waals surface area contributed by atoms with Crippen molar-refractivity contribution in [2.75, 3.05) is 24.5 Å². The maximum absolute atomic E-state index is 12.6. The predicted octanol–water partition coefficient (Wildman–Crippen LogP) is 3.36. The summed E-state index contributed by atoms with van der Waals surface area (Å²) in [6.07, 6.45) is 3.12. The molecule has 1 aliphatic heterocycles. The second-order valence-corrected chi connectivity index (χ2v) is 8.07. The highest BCUT2D eigenvalue weighted by molar-refractivity contribution is 6.29. The molecule has 1 aromatic heterocycles. The molecule has 3 rings (SSSR count). The summed E-state index contributed by atoms with van der Waals surface area (Å²) in [6, 6.07) is 3.77. The Kier molecular flexibility index (Phi) is 4.85. The fraction of sp³-hybridized carbons (Fsp3) is 0.706. The second kappa shape index (κ2) is 6.75. The third-order valence-electron chi connectivity index (χ3n) is 4.33. The molecule has 1 aromatic rings. The van der Waals surface area contributed by atoms with E-state index in [1.54, 1.807) is 6.07 Å². The quantitative estimate of drug-likeness (QED) is 0.831. The monoisotopic (exact) mass is 352 g/mol. The van der Waals surface area contributed by atoms with Crippen molar-refractivity contribution in [3.8, 4) is 0 Å². The number of carbonyl (C=O) groups excluding carboxylic acids is 1. The first kappa shape index (κ1) is 17.3. The molecule has 0 bridgehead atoms. The molecule has 6 nitrogen and oxygen atoms in total. The van der Waals surface area contributed by atoms with Crippen LogP contribution in [0.3, 0.4) is 0 Å². The van der Waals surface area contributed by atoms with E-state index in [1.165, 1.54) is 12.8 Å². The lowest BCUT2D eigenvalue weighted by molar-refractivity contribution is 0.0167. The Morgan fingerprint density at radius 2 is 2.08 bits per heavy atom. The molecule has 0 unspecified atom stereocenters. The second-order valence-electron chi connectivity index (χ2n) is 7.68. The van der Waals surface area contributed by atoms with Crippen LogP contribution in [-0.2, 0) is 4.74 Å². The van der Waals surface area contributed by atoms with E-state index in [1.807, 2.05) is 31.7 Å². The summed E-state index contributed by atoms with van der Waals surface area (Å²) in [7, 11) is 0. The zero-order chi connectivity index (χ0) is 17.3. The number of anilines is 1. The number of aromatic nitrogens is 2. The zero-order valence-corrected chi connectivity index (χ0v) is 15.3. The first-order chi connectivity index (χ1) is 11.3. The van der Waals surface area contributed by atoms with Crippen molar-refractivity contribution in [1.82, 2.24) is 15.1 Å². The van der Waals surface area contributed by atoms with Gasteiger partial charge in [-0.25, -0.2) is 4.79 Å². The minimum Gasteiger partial charge on any atom is -0.444 e. The van der Waals surface area contributed by atoms with Crippen molar-refractivity contribution in [3.05, 3.63) is 17.3 Å². The van der Waals surface area contributed by atoms with Gasteiger partial charge in [0, 0.05) is 19.6 Å². The molecule has 1 amide bonds. The summed E-state index contributed by atoms with van der Waals surface area (Å²) in [5.41, 5.74) is -0.473. The number of ether oxygens (including phenoxy) is 1. The molecule has 0 spiro atoms. The summed E-state index contributed by atoms with van der Waals surface area (Å²) < 4.78 is 5.62. The molecule has 1 saturated heterocycles. The van der Waals surface area contributed by atoms with Crippen molar-refractivity contribution in [3.63, 3.8) is 0 Å². The van der Waals surface area contributed by atoms with E-state index in [0.717, 1.165) is 31.9 Å². The van der Waals surface area contributed by atoms with Crippen molar-refractivity contribution in [2.24, 2.45) is 5.92 Å². The van der Waals surface area contributed by atoms with Crippen LogP contribution in [0.2, 0.25) is 5.15 Å². The Hall–Kier alpha value is -1.56. The van der Waals surface area contributed by atoms with E-state index in [0.29, 0.717) is 11.1 Å². The highest BCUT2D eigenvalue weighted by atomic mass is 35.5. The maximum Gasteiger partial charge on any atom is 0.410 e. The predicted molar refractivity (Wildman–Crippen MR) is 93.3 cm³/mol. The highest BCUT2D eigenvalue weighted by Crippen LogP contribution is 2.32. The van der Waals surface area contributed by atoms with E-state index < -0.39 is 5.60 Å². The number of halogens is 1. The molecule has 2 fully saturated rings. The Morgan fingerprint density at radius 1 is 1.33 bits per heavy atom. The topological polar surface area (TPSA) is 58.6 Å². The van der Waals surface area contributed by atoms with Gasteiger partial charge in [-0.3, -0.25) is 0 Å². The summed E-state index contributed by atoms with van der Waals surface area (Å²) in [5, 5.41) is 8.43. The number of amides is 1. The van der Waals surface area contributed by atoms with Gasteiger partial charge in [0.15, 0.2) is 11.0 Å². The maximum atomic E-state index is 12.6. The molecular weight excluding hydrogens is 328 g/mol. The lowest BCUT2D eigenvalue weighted by Crippen LogP contribution is -2.45. The fourth-order valence-corrected chi connectivity index (χ4v) is 3.05. The largest absolute Gasteiger partial charge is 0.444 e. The molecular formula is C17H25ClN4O2. The van der Waals surface area contributed by atoms with Gasteiger partial charge in [-0.15, -0.1) is 10.2 Å². The van der Waals surface area contributed by atoms with Gasteiger partial charge in [0.1, 0.15) is 5.60 Å². The molecule has 1 saturated carbocycles. The summed E-state index contributed by atoms with van der Waals surface area (Å²) in [6.45, 7) is 8.12.